The molecule has 2 amide bonds. The first-order valence-corrected chi connectivity index (χ1v) is 17.2. The summed E-state index contributed by atoms with van der Waals surface area (Å²) in [4.78, 5) is 26.8. The van der Waals surface area contributed by atoms with Gasteiger partial charge in [-0.05, 0) is 60.1 Å². The van der Waals surface area contributed by atoms with Crippen molar-refractivity contribution in [3.8, 4) is 5.75 Å². The Labute approximate surface area is 273 Å². The molecule has 11 heteroatoms. The number of hydrogen-bond acceptors (Lipinski definition) is 7. The van der Waals surface area contributed by atoms with Gasteiger partial charge >= 0.3 is 6.09 Å². The topological polar surface area (TPSA) is 134 Å². The average Bonchev–Trinajstić information content (AvgIpc) is 3.07. The van der Waals surface area contributed by atoms with Crippen LogP contribution in [0, 0.1) is 5.92 Å². The summed E-state index contributed by atoms with van der Waals surface area (Å²) in [7, 11) is -2.54. The van der Waals surface area contributed by atoms with Gasteiger partial charge in [-0.1, -0.05) is 94.3 Å². The lowest BCUT2D eigenvalue weighted by Gasteiger charge is -2.35. The summed E-state index contributed by atoms with van der Waals surface area (Å²) in [6.45, 7) is 5.48. The SMILES string of the molecule is CCCCc1cc(OC)ccc1S(=O)(=O)NC[C@@H](O)[C@H](Cc1ccccc1)N(NC(=O)OCc1ccccc1)C(=O)C[C@@H](C)CC. The van der Waals surface area contributed by atoms with Crippen LogP contribution in [0.25, 0.3) is 0 Å². The summed E-state index contributed by atoms with van der Waals surface area (Å²) in [5.74, 6) is 0.126. The molecule has 0 heterocycles. The van der Waals surface area contributed by atoms with Crippen molar-refractivity contribution in [3.63, 3.8) is 0 Å². The van der Waals surface area contributed by atoms with E-state index in [1.165, 1.54) is 13.2 Å². The van der Waals surface area contributed by atoms with Crippen molar-refractivity contribution in [1.29, 1.82) is 0 Å². The van der Waals surface area contributed by atoms with E-state index in [-0.39, 0.29) is 30.3 Å². The number of benzene rings is 3. The zero-order chi connectivity index (χ0) is 33.5. The first-order valence-electron chi connectivity index (χ1n) is 15.8. The molecule has 3 aromatic rings. The van der Waals surface area contributed by atoms with Crippen LogP contribution < -0.4 is 14.9 Å². The van der Waals surface area contributed by atoms with Crippen molar-refractivity contribution in [2.24, 2.45) is 5.92 Å². The summed E-state index contributed by atoms with van der Waals surface area (Å²) < 4.78 is 40.4. The number of nitrogens with zero attached hydrogens (tertiary/aromatic N) is 1. The van der Waals surface area contributed by atoms with Crippen molar-refractivity contribution in [3.05, 3.63) is 95.6 Å². The standard InChI is InChI=1S/C35H47N3O7S/c1-5-7-18-29-23-30(44-4)19-20-33(29)46(42,43)36-24-32(39)31(22-27-14-10-8-11-15-27)38(34(40)21-26(3)6-2)37-35(41)45-25-28-16-12-9-13-17-28/h8-17,19-20,23,26,31-32,36,39H,5-7,18,21-22,24-25H2,1-4H3,(H,37,41)/t26-,31-,32+/m0/s1. The number of unbranched alkanes of at least 4 members (excludes halogenated alkanes) is 1. The van der Waals surface area contributed by atoms with Gasteiger partial charge in [0.1, 0.15) is 12.4 Å². The summed E-state index contributed by atoms with van der Waals surface area (Å²) >= 11 is 0. The van der Waals surface area contributed by atoms with Crippen LogP contribution in [0.15, 0.2) is 83.8 Å². The number of nitrogens with one attached hydrogen (secondary N) is 2. The van der Waals surface area contributed by atoms with Gasteiger partial charge in [-0.25, -0.2) is 28.4 Å². The molecule has 3 rings (SSSR count). The van der Waals surface area contributed by atoms with Crippen molar-refractivity contribution >= 4 is 22.0 Å². The fraction of sp³-hybridized carbons (Fsp3) is 0.429. The Balaban J connectivity index is 1.89. The van der Waals surface area contributed by atoms with E-state index in [0.717, 1.165) is 35.4 Å². The molecule has 3 atom stereocenters. The van der Waals surface area contributed by atoms with Gasteiger partial charge in [0.25, 0.3) is 0 Å². The molecule has 0 bridgehead atoms. The molecular weight excluding hydrogens is 606 g/mol. The van der Waals surface area contributed by atoms with Crippen LogP contribution in [0.5, 0.6) is 5.75 Å². The Bertz CT molecular complexity index is 1490. The maximum atomic E-state index is 13.7. The van der Waals surface area contributed by atoms with E-state index in [9.17, 15) is 23.1 Å². The number of rotatable bonds is 17. The Kier molecular flexibility index (Phi) is 14.5. The molecule has 46 heavy (non-hydrogen) atoms. The zero-order valence-corrected chi connectivity index (χ0v) is 28.0. The second-order valence-corrected chi connectivity index (χ2v) is 13.1. The van der Waals surface area contributed by atoms with Gasteiger partial charge in [-0.3, -0.25) is 4.79 Å². The van der Waals surface area contributed by atoms with Crippen LogP contribution >= 0.6 is 0 Å². The van der Waals surface area contributed by atoms with Gasteiger partial charge in [0.2, 0.25) is 15.9 Å². The monoisotopic (exact) mass is 653 g/mol. The van der Waals surface area contributed by atoms with Gasteiger partial charge in [-0.2, -0.15) is 0 Å². The molecular formula is C35H47N3O7S. The van der Waals surface area contributed by atoms with E-state index in [4.69, 9.17) is 9.47 Å². The minimum Gasteiger partial charge on any atom is -0.497 e. The number of sulfonamides is 1. The highest BCUT2D eigenvalue weighted by molar-refractivity contribution is 7.89. The molecule has 3 N–H and O–H groups in total. The van der Waals surface area contributed by atoms with E-state index in [1.54, 1.807) is 12.1 Å². The number of carbonyl (C=O) groups is 2. The molecule has 10 nitrogen and oxygen atoms in total. The fourth-order valence-electron chi connectivity index (χ4n) is 4.90. The number of aliphatic hydroxyl groups excluding tert-OH is 1. The minimum atomic E-state index is -4.06. The number of aryl methyl sites for hydroxylation is 1. The predicted octanol–water partition coefficient (Wildman–Crippen LogP) is 5.39. The molecule has 0 aromatic heterocycles. The van der Waals surface area contributed by atoms with Crippen LogP contribution in [-0.4, -0.2) is 56.3 Å². The van der Waals surface area contributed by atoms with Crippen molar-refractivity contribution in [2.75, 3.05) is 13.7 Å². The third-order valence-corrected chi connectivity index (χ3v) is 9.34. The molecule has 0 aliphatic heterocycles. The zero-order valence-electron chi connectivity index (χ0n) is 27.1. The number of hydrogen-bond donors (Lipinski definition) is 3. The van der Waals surface area contributed by atoms with Crippen LogP contribution in [0.2, 0.25) is 0 Å². The number of aliphatic hydroxyl groups is 1. The molecule has 0 saturated carbocycles. The molecule has 0 fully saturated rings. The summed E-state index contributed by atoms with van der Waals surface area (Å²) in [5.41, 5.74) is 4.72. The highest BCUT2D eigenvalue weighted by atomic mass is 32.2. The Morgan fingerprint density at radius 3 is 2.22 bits per heavy atom. The molecule has 0 unspecified atom stereocenters. The van der Waals surface area contributed by atoms with E-state index >= 15 is 0 Å². The molecule has 250 valence electrons. The van der Waals surface area contributed by atoms with Gasteiger partial charge in [0, 0.05) is 13.0 Å². The quantitative estimate of drug-likeness (QED) is 0.166. The maximum absolute atomic E-state index is 13.7. The van der Waals surface area contributed by atoms with Gasteiger partial charge in [0.05, 0.1) is 24.2 Å². The van der Waals surface area contributed by atoms with E-state index in [1.807, 2.05) is 81.4 Å². The van der Waals surface area contributed by atoms with E-state index < -0.39 is 40.7 Å². The lowest BCUT2D eigenvalue weighted by molar-refractivity contribution is -0.141. The average molecular weight is 654 g/mol. The van der Waals surface area contributed by atoms with Gasteiger partial charge in [-0.15, -0.1) is 0 Å². The second-order valence-electron chi connectivity index (χ2n) is 11.4. The molecule has 0 aliphatic carbocycles. The third kappa shape index (κ3) is 11.1. The Hall–Kier alpha value is -3.93. The van der Waals surface area contributed by atoms with Crippen LogP contribution in [0.3, 0.4) is 0 Å². The number of amides is 2. The normalized spacial score (nSPS) is 13.3. The number of methoxy groups -OCH3 is 1. The fourth-order valence-corrected chi connectivity index (χ4v) is 6.20. The molecule has 3 aromatic carbocycles. The highest BCUT2D eigenvalue weighted by Crippen LogP contribution is 2.24. The maximum Gasteiger partial charge on any atom is 0.426 e. The van der Waals surface area contributed by atoms with Gasteiger partial charge in [0.15, 0.2) is 0 Å². The van der Waals surface area contributed by atoms with Crippen molar-refractivity contribution < 1.29 is 32.6 Å². The second kappa shape index (κ2) is 18.3. The molecule has 0 saturated heterocycles. The largest absolute Gasteiger partial charge is 0.497 e. The van der Waals surface area contributed by atoms with Crippen LogP contribution in [-0.2, 0) is 39.0 Å². The van der Waals surface area contributed by atoms with Crippen molar-refractivity contribution in [1.82, 2.24) is 15.2 Å². The molecule has 0 spiro atoms. The molecule has 0 aliphatic rings. The predicted molar refractivity (Wildman–Crippen MR) is 177 cm³/mol. The lowest BCUT2D eigenvalue weighted by Crippen LogP contribution is -2.59. The van der Waals surface area contributed by atoms with E-state index in [0.29, 0.717) is 17.7 Å². The first kappa shape index (κ1) is 36.5. The summed E-state index contributed by atoms with van der Waals surface area (Å²) in [6, 6.07) is 22.1. The third-order valence-electron chi connectivity index (χ3n) is 7.82. The minimum absolute atomic E-state index is 0.00164. The summed E-state index contributed by atoms with van der Waals surface area (Å²) in [5, 5.41) is 12.7. The summed E-state index contributed by atoms with van der Waals surface area (Å²) in [6.07, 6.45) is 0.906. The Morgan fingerprint density at radius 2 is 1.61 bits per heavy atom. The lowest BCUT2D eigenvalue weighted by atomic mass is 9.99. The number of ether oxygens (including phenoxy) is 2. The highest BCUT2D eigenvalue weighted by Gasteiger charge is 2.34. The molecule has 0 radical (unpaired) electrons. The van der Waals surface area contributed by atoms with Crippen LogP contribution in [0.4, 0.5) is 4.79 Å². The number of carbonyl (C=O) groups excluding carboxylic acids is 2. The van der Waals surface area contributed by atoms with E-state index in [2.05, 4.69) is 10.1 Å². The van der Waals surface area contributed by atoms with Crippen molar-refractivity contribution in [2.45, 2.75) is 82.9 Å². The smallest absolute Gasteiger partial charge is 0.426 e. The first-order chi connectivity index (χ1) is 22.1. The Morgan fingerprint density at radius 1 is 0.957 bits per heavy atom. The number of hydrazine groups is 1. The van der Waals surface area contributed by atoms with Crippen LogP contribution in [0.1, 0.15) is 63.1 Å². The van der Waals surface area contributed by atoms with Gasteiger partial charge < -0.3 is 14.6 Å².